The maximum Gasteiger partial charge on any atom is 0.343 e. The Morgan fingerprint density at radius 2 is 2.00 bits per heavy atom. The number of nitro groups is 1. The molecule has 0 N–H and O–H groups in total. The Labute approximate surface area is 125 Å². The third-order valence-corrected chi connectivity index (χ3v) is 2.93. The van der Waals surface area contributed by atoms with Gasteiger partial charge in [0.2, 0.25) is 0 Å². The van der Waals surface area contributed by atoms with Crippen molar-refractivity contribution in [3.8, 4) is 11.3 Å². The van der Waals surface area contributed by atoms with Gasteiger partial charge in [-0.05, 0) is 25.1 Å². The highest BCUT2D eigenvalue weighted by atomic mass is 16.6. The van der Waals surface area contributed by atoms with Gasteiger partial charge >= 0.3 is 5.97 Å². The van der Waals surface area contributed by atoms with E-state index in [9.17, 15) is 19.7 Å². The summed E-state index contributed by atoms with van der Waals surface area (Å²) in [5.41, 5.74) is 0.141. The van der Waals surface area contributed by atoms with Crippen molar-refractivity contribution in [2.45, 2.75) is 6.92 Å². The number of rotatable bonds is 4. The number of nitrogens with zero attached hydrogens (tertiary/aromatic N) is 3. The van der Waals surface area contributed by atoms with Crippen molar-refractivity contribution < 1.29 is 14.5 Å². The zero-order chi connectivity index (χ0) is 16.3. The summed E-state index contributed by atoms with van der Waals surface area (Å²) in [4.78, 5) is 33.8. The average molecular weight is 303 g/mol. The largest absolute Gasteiger partial charge is 0.462 e. The minimum Gasteiger partial charge on any atom is -0.462 e. The van der Waals surface area contributed by atoms with Crippen molar-refractivity contribution in [3.05, 3.63) is 56.4 Å². The van der Waals surface area contributed by atoms with Crippen molar-refractivity contribution in [2.75, 3.05) is 6.61 Å². The van der Waals surface area contributed by atoms with Crippen LogP contribution in [0.15, 0.2) is 35.1 Å². The van der Waals surface area contributed by atoms with E-state index in [1.165, 1.54) is 37.4 Å². The van der Waals surface area contributed by atoms with E-state index in [0.29, 0.717) is 11.3 Å². The molecule has 8 heteroatoms. The van der Waals surface area contributed by atoms with Gasteiger partial charge in [0.25, 0.3) is 11.2 Å². The number of non-ortho nitro benzene ring substituents is 1. The Balaban J connectivity index is 2.50. The number of hydrogen-bond acceptors (Lipinski definition) is 6. The van der Waals surface area contributed by atoms with E-state index in [-0.39, 0.29) is 17.9 Å². The molecule has 0 saturated heterocycles. The molecule has 1 aromatic heterocycles. The number of aryl methyl sites for hydroxylation is 1. The van der Waals surface area contributed by atoms with Crippen LogP contribution in [0.1, 0.15) is 17.3 Å². The summed E-state index contributed by atoms with van der Waals surface area (Å²) in [7, 11) is 1.42. The third kappa shape index (κ3) is 3.00. The molecule has 0 aliphatic carbocycles. The molecular weight excluding hydrogens is 290 g/mol. The number of ether oxygens (including phenoxy) is 1. The Kier molecular flexibility index (Phi) is 4.31. The highest BCUT2D eigenvalue weighted by Crippen LogP contribution is 2.20. The summed E-state index contributed by atoms with van der Waals surface area (Å²) < 4.78 is 5.87. The number of carbonyl (C=O) groups excluding carboxylic acids is 1. The highest BCUT2D eigenvalue weighted by molar-refractivity contribution is 5.90. The predicted molar refractivity (Wildman–Crippen MR) is 77.5 cm³/mol. The SMILES string of the molecule is CCOC(=O)c1cc(-c2ccc([N+](=O)[O-])cc2)nn(C)c1=O. The Bertz CT molecular complexity index is 780. The van der Waals surface area contributed by atoms with E-state index in [2.05, 4.69) is 5.10 Å². The van der Waals surface area contributed by atoms with Gasteiger partial charge in [0.05, 0.1) is 17.2 Å². The first kappa shape index (κ1) is 15.4. The van der Waals surface area contributed by atoms with E-state index in [0.717, 1.165) is 4.68 Å². The van der Waals surface area contributed by atoms with E-state index in [1.807, 2.05) is 0 Å². The Hall–Kier alpha value is -3.03. The fraction of sp³-hybridized carbons (Fsp3) is 0.214. The average Bonchev–Trinajstić information content (AvgIpc) is 2.50. The number of carbonyl (C=O) groups is 1. The smallest absolute Gasteiger partial charge is 0.343 e. The van der Waals surface area contributed by atoms with Gasteiger partial charge in [0.15, 0.2) is 0 Å². The Morgan fingerprint density at radius 3 is 2.55 bits per heavy atom. The second-order valence-electron chi connectivity index (χ2n) is 4.40. The minimum absolute atomic E-state index is 0.0563. The third-order valence-electron chi connectivity index (χ3n) is 2.93. The second-order valence-corrected chi connectivity index (χ2v) is 4.40. The molecule has 0 spiro atoms. The molecule has 114 valence electrons. The van der Waals surface area contributed by atoms with Crippen LogP contribution < -0.4 is 5.56 Å². The van der Waals surface area contributed by atoms with Gasteiger partial charge < -0.3 is 4.74 Å². The van der Waals surface area contributed by atoms with E-state index in [4.69, 9.17) is 4.74 Å². The van der Waals surface area contributed by atoms with Crippen molar-refractivity contribution in [1.29, 1.82) is 0 Å². The molecule has 22 heavy (non-hydrogen) atoms. The topological polar surface area (TPSA) is 104 Å². The molecule has 2 rings (SSSR count). The second kappa shape index (κ2) is 6.17. The lowest BCUT2D eigenvalue weighted by atomic mass is 10.1. The normalized spacial score (nSPS) is 10.3. The molecule has 0 radical (unpaired) electrons. The summed E-state index contributed by atoms with van der Waals surface area (Å²) in [6.45, 7) is 1.79. The molecule has 0 amide bonds. The lowest BCUT2D eigenvalue weighted by molar-refractivity contribution is -0.384. The molecular formula is C14H13N3O5. The fourth-order valence-electron chi connectivity index (χ4n) is 1.86. The monoisotopic (exact) mass is 303 g/mol. The van der Waals surface area contributed by atoms with Crippen LogP contribution in [0.3, 0.4) is 0 Å². The van der Waals surface area contributed by atoms with E-state index < -0.39 is 16.5 Å². The first-order valence-corrected chi connectivity index (χ1v) is 6.44. The van der Waals surface area contributed by atoms with Crippen LogP contribution in [0.5, 0.6) is 0 Å². The molecule has 1 aromatic carbocycles. The zero-order valence-electron chi connectivity index (χ0n) is 12.0. The fourth-order valence-corrected chi connectivity index (χ4v) is 1.86. The van der Waals surface area contributed by atoms with Gasteiger partial charge in [0.1, 0.15) is 5.56 Å². The number of aromatic nitrogens is 2. The molecule has 8 nitrogen and oxygen atoms in total. The van der Waals surface area contributed by atoms with Crippen LogP contribution in [0.2, 0.25) is 0 Å². The minimum atomic E-state index is -0.728. The Morgan fingerprint density at radius 1 is 1.36 bits per heavy atom. The summed E-state index contributed by atoms with van der Waals surface area (Å²) in [6.07, 6.45) is 0. The first-order valence-electron chi connectivity index (χ1n) is 6.44. The number of hydrogen-bond donors (Lipinski definition) is 0. The van der Waals surface area contributed by atoms with Gasteiger partial charge in [-0.2, -0.15) is 5.10 Å². The molecule has 0 unspecified atom stereocenters. The van der Waals surface area contributed by atoms with Crippen LogP contribution in [0.4, 0.5) is 5.69 Å². The highest BCUT2D eigenvalue weighted by Gasteiger charge is 2.16. The van der Waals surface area contributed by atoms with Crippen LogP contribution in [-0.2, 0) is 11.8 Å². The summed E-state index contributed by atoms with van der Waals surface area (Å²) in [5.74, 6) is -0.728. The van der Waals surface area contributed by atoms with Gasteiger partial charge in [-0.1, -0.05) is 0 Å². The van der Waals surface area contributed by atoms with Gasteiger partial charge in [-0.25, -0.2) is 9.48 Å². The van der Waals surface area contributed by atoms with Gasteiger partial charge in [-0.3, -0.25) is 14.9 Å². The van der Waals surface area contributed by atoms with E-state index in [1.54, 1.807) is 6.92 Å². The van der Waals surface area contributed by atoms with Crippen LogP contribution in [0, 0.1) is 10.1 Å². The van der Waals surface area contributed by atoms with E-state index >= 15 is 0 Å². The molecule has 0 fully saturated rings. The lowest BCUT2D eigenvalue weighted by Crippen LogP contribution is -2.27. The summed E-state index contributed by atoms with van der Waals surface area (Å²) in [6, 6.07) is 6.97. The first-order chi connectivity index (χ1) is 10.4. The van der Waals surface area contributed by atoms with Crippen molar-refractivity contribution in [1.82, 2.24) is 9.78 Å². The summed E-state index contributed by atoms with van der Waals surface area (Å²) >= 11 is 0. The molecule has 1 heterocycles. The molecule has 0 aliphatic rings. The predicted octanol–water partition coefficient (Wildman–Crippen LogP) is 1.53. The zero-order valence-corrected chi connectivity index (χ0v) is 12.0. The maximum atomic E-state index is 11.9. The molecule has 0 bridgehead atoms. The van der Waals surface area contributed by atoms with Crippen molar-refractivity contribution >= 4 is 11.7 Å². The van der Waals surface area contributed by atoms with Gasteiger partial charge in [-0.15, -0.1) is 0 Å². The molecule has 0 aliphatic heterocycles. The van der Waals surface area contributed by atoms with Crippen LogP contribution in [-0.4, -0.2) is 27.3 Å². The quantitative estimate of drug-likeness (QED) is 0.482. The molecule has 0 saturated carbocycles. The summed E-state index contributed by atoms with van der Waals surface area (Å²) in [5, 5.41) is 14.7. The van der Waals surface area contributed by atoms with Crippen molar-refractivity contribution in [3.63, 3.8) is 0 Å². The number of esters is 1. The van der Waals surface area contributed by atoms with Gasteiger partial charge in [0, 0.05) is 24.7 Å². The van der Waals surface area contributed by atoms with Crippen molar-refractivity contribution in [2.24, 2.45) is 7.05 Å². The van der Waals surface area contributed by atoms with Crippen LogP contribution in [0.25, 0.3) is 11.3 Å². The standard InChI is InChI=1S/C14H13N3O5/c1-3-22-14(19)11-8-12(15-16(2)13(11)18)9-4-6-10(7-5-9)17(20)21/h4-8H,3H2,1-2H3. The lowest BCUT2D eigenvalue weighted by Gasteiger charge is -2.07. The number of benzene rings is 1. The number of nitro benzene ring substituents is 1. The molecule has 0 atom stereocenters. The maximum absolute atomic E-state index is 11.9. The molecule has 2 aromatic rings. The van der Waals surface area contributed by atoms with Crippen LogP contribution >= 0.6 is 0 Å².